The van der Waals surface area contributed by atoms with Gasteiger partial charge in [-0.2, -0.15) is 13.2 Å². The minimum atomic E-state index is -4.36. The van der Waals surface area contributed by atoms with Gasteiger partial charge in [0.25, 0.3) is 5.91 Å². The van der Waals surface area contributed by atoms with Crippen LogP contribution >= 0.6 is 0 Å². The van der Waals surface area contributed by atoms with Crippen molar-refractivity contribution in [2.24, 2.45) is 0 Å². The van der Waals surface area contributed by atoms with Crippen molar-refractivity contribution in [3.05, 3.63) is 82.8 Å². The fraction of sp³-hybridized carbons (Fsp3) is 0.261. The van der Waals surface area contributed by atoms with Gasteiger partial charge in [0.2, 0.25) is 0 Å². The highest BCUT2D eigenvalue weighted by atomic mass is 19.4. The molecule has 0 bridgehead atoms. The van der Waals surface area contributed by atoms with Gasteiger partial charge in [0.05, 0.1) is 17.9 Å². The lowest BCUT2D eigenvalue weighted by Gasteiger charge is -2.19. The van der Waals surface area contributed by atoms with Crippen molar-refractivity contribution in [1.82, 2.24) is 15.3 Å². The van der Waals surface area contributed by atoms with Gasteiger partial charge in [0.15, 0.2) is 0 Å². The third-order valence-corrected chi connectivity index (χ3v) is 5.32. The van der Waals surface area contributed by atoms with E-state index in [1.54, 1.807) is 12.1 Å². The minimum Gasteiger partial charge on any atom is -0.395 e. The first-order chi connectivity index (χ1) is 15.4. The predicted octanol–water partition coefficient (Wildman–Crippen LogP) is 3.50. The van der Waals surface area contributed by atoms with Crippen LogP contribution in [0.1, 0.15) is 32.7 Å². The second kappa shape index (κ2) is 8.96. The Hall–Kier alpha value is -3.46. The molecule has 0 radical (unpaired) electrons. The summed E-state index contributed by atoms with van der Waals surface area (Å²) in [7, 11) is 0. The Morgan fingerprint density at radius 3 is 2.62 bits per heavy atom. The lowest BCUT2D eigenvalue weighted by molar-refractivity contribution is -0.137. The van der Waals surface area contributed by atoms with Gasteiger partial charge in [0, 0.05) is 36.8 Å². The third-order valence-electron chi connectivity index (χ3n) is 5.32. The standard InChI is InChI=1S/C23H21F3N4O2/c24-23(25,26)16-6-4-15(5-7-16)12-17-13-21(29-14-28-17)30-10-8-18-19(2-1-3-20(18)30)22(32)27-9-11-31/h1-7,13-14,31H,8-12H2,(H,27,32). The molecule has 0 unspecified atom stereocenters. The highest BCUT2D eigenvalue weighted by molar-refractivity contribution is 5.98. The number of hydrogen-bond acceptors (Lipinski definition) is 5. The van der Waals surface area contributed by atoms with Crippen molar-refractivity contribution in [3.63, 3.8) is 0 Å². The van der Waals surface area contributed by atoms with Crippen LogP contribution in [0.5, 0.6) is 0 Å². The van der Waals surface area contributed by atoms with Crippen molar-refractivity contribution < 1.29 is 23.1 Å². The molecule has 0 aliphatic carbocycles. The Morgan fingerprint density at radius 1 is 1.12 bits per heavy atom. The number of rotatable bonds is 6. The Bertz CT molecular complexity index is 1120. The van der Waals surface area contributed by atoms with Crippen molar-refractivity contribution >= 4 is 17.4 Å². The van der Waals surface area contributed by atoms with E-state index in [0.717, 1.165) is 23.4 Å². The molecule has 0 spiro atoms. The van der Waals surface area contributed by atoms with Gasteiger partial charge >= 0.3 is 6.18 Å². The molecule has 2 heterocycles. The maximum Gasteiger partial charge on any atom is 0.416 e. The summed E-state index contributed by atoms with van der Waals surface area (Å²) < 4.78 is 38.3. The molecule has 166 valence electrons. The van der Waals surface area contributed by atoms with Gasteiger partial charge in [0.1, 0.15) is 12.1 Å². The first kappa shape index (κ1) is 21.8. The summed E-state index contributed by atoms with van der Waals surface area (Å²) in [6, 6.07) is 12.3. The quantitative estimate of drug-likeness (QED) is 0.611. The number of aliphatic hydroxyl groups excluding tert-OH is 1. The molecule has 6 nitrogen and oxygen atoms in total. The van der Waals surface area contributed by atoms with Crippen molar-refractivity contribution in [2.45, 2.75) is 19.0 Å². The number of fused-ring (bicyclic) bond motifs is 1. The number of carbonyl (C=O) groups excluding carboxylic acids is 1. The van der Waals surface area contributed by atoms with Gasteiger partial charge in [-0.1, -0.05) is 18.2 Å². The molecule has 1 aromatic heterocycles. The second-order valence-corrected chi connectivity index (χ2v) is 7.42. The van der Waals surface area contributed by atoms with Gasteiger partial charge in [-0.05, 0) is 41.8 Å². The van der Waals surface area contributed by atoms with E-state index < -0.39 is 11.7 Å². The first-order valence-electron chi connectivity index (χ1n) is 10.1. The Kier molecular flexibility index (Phi) is 6.09. The van der Waals surface area contributed by atoms with E-state index in [9.17, 15) is 18.0 Å². The molecular formula is C23H21F3N4O2. The minimum absolute atomic E-state index is 0.129. The number of benzene rings is 2. The van der Waals surface area contributed by atoms with Crippen LogP contribution in [0.15, 0.2) is 54.9 Å². The van der Waals surface area contributed by atoms with E-state index in [-0.39, 0.29) is 19.1 Å². The monoisotopic (exact) mass is 442 g/mol. The molecule has 0 atom stereocenters. The van der Waals surface area contributed by atoms with Crippen LogP contribution in [0.3, 0.4) is 0 Å². The van der Waals surface area contributed by atoms with E-state index in [2.05, 4.69) is 15.3 Å². The third kappa shape index (κ3) is 4.57. The summed E-state index contributed by atoms with van der Waals surface area (Å²) in [5.41, 5.74) is 3.06. The summed E-state index contributed by atoms with van der Waals surface area (Å²) in [6.45, 7) is 0.692. The molecule has 32 heavy (non-hydrogen) atoms. The van der Waals surface area contributed by atoms with Crippen molar-refractivity contribution in [3.8, 4) is 0 Å². The molecule has 1 amide bonds. The number of alkyl halides is 3. The molecule has 0 saturated heterocycles. The zero-order chi connectivity index (χ0) is 22.7. The topological polar surface area (TPSA) is 78.4 Å². The summed E-state index contributed by atoms with van der Waals surface area (Å²) in [4.78, 5) is 23.0. The Labute approximate surface area is 182 Å². The van der Waals surface area contributed by atoms with Crippen LogP contribution in [0.2, 0.25) is 0 Å². The maximum absolute atomic E-state index is 12.8. The first-order valence-corrected chi connectivity index (χ1v) is 10.1. The molecule has 3 aromatic rings. The van der Waals surface area contributed by atoms with E-state index in [1.807, 2.05) is 17.0 Å². The number of halogens is 3. The van der Waals surface area contributed by atoms with Gasteiger partial charge in [-0.3, -0.25) is 4.79 Å². The zero-order valence-corrected chi connectivity index (χ0v) is 17.1. The molecule has 1 aliphatic rings. The van der Waals surface area contributed by atoms with Crippen LogP contribution in [-0.4, -0.2) is 40.7 Å². The van der Waals surface area contributed by atoms with Gasteiger partial charge < -0.3 is 15.3 Å². The SMILES string of the molecule is O=C(NCCO)c1cccc2c1CCN2c1cc(Cc2ccc(C(F)(F)F)cc2)ncn1. The molecule has 4 rings (SSSR count). The second-order valence-electron chi connectivity index (χ2n) is 7.42. The average molecular weight is 442 g/mol. The molecule has 2 aromatic carbocycles. The smallest absolute Gasteiger partial charge is 0.395 e. The van der Waals surface area contributed by atoms with E-state index in [4.69, 9.17) is 5.11 Å². The molecule has 2 N–H and O–H groups in total. The Balaban J connectivity index is 1.55. The summed E-state index contributed by atoms with van der Waals surface area (Å²) in [5, 5.41) is 11.6. The lowest BCUT2D eigenvalue weighted by Crippen LogP contribution is -2.27. The van der Waals surface area contributed by atoms with Crippen molar-refractivity contribution in [1.29, 1.82) is 0 Å². The van der Waals surface area contributed by atoms with E-state index in [0.29, 0.717) is 42.0 Å². The average Bonchev–Trinajstić information content (AvgIpc) is 3.22. The van der Waals surface area contributed by atoms with Crippen LogP contribution in [-0.2, 0) is 19.0 Å². The summed E-state index contributed by atoms with van der Waals surface area (Å²) >= 11 is 0. The number of aliphatic hydroxyl groups is 1. The van der Waals surface area contributed by atoms with Crippen LogP contribution in [0.4, 0.5) is 24.7 Å². The molecular weight excluding hydrogens is 421 g/mol. The Morgan fingerprint density at radius 2 is 1.91 bits per heavy atom. The normalized spacial score (nSPS) is 13.2. The highest BCUT2D eigenvalue weighted by Gasteiger charge is 2.30. The molecule has 9 heteroatoms. The molecule has 0 fully saturated rings. The van der Waals surface area contributed by atoms with Crippen LogP contribution in [0, 0.1) is 0 Å². The van der Waals surface area contributed by atoms with Gasteiger partial charge in [-0.25, -0.2) is 9.97 Å². The number of amides is 1. The molecule has 1 aliphatic heterocycles. The molecule has 0 saturated carbocycles. The number of nitrogens with one attached hydrogen (secondary N) is 1. The number of hydrogen-bond donors (Lipinski definition) is 2. The summed E-state index contributed by atoms with van der Waals surface area (Å²) in [5.74, 6) is 0.428. The maximum atomic E-state index is 12.8. The largest absolute Gasteiger partial charge is 0.416 e. The van der Waals surface area contributed by atoms with Crippen LogP contribution < -0.4 is 10.2 Å². The fourth-order valence-electron chi connectivity index (χ4n) is 3.80. The lowest BCUT2D eigenvalue weighted by atomic mass is 10.0. The predicted molar refractivity (Wildman–Crippen MR) is 113 cm³/mol. The number of anilines is 2. The highest BCUT2D eigenvalue weighted by Crippen LogP contribution is 2.35. The van der Waals surface area contributed by atoms with E-state index in [1.165, 1.54) is 18.5 Å². The van der Waals surface area contributed by atoms with E-state index >= 15 is 0 Å². The number of nitrogens with zero attached hydrogens (tertiary/aromatic N) is 3. The summed E-state index contributed by atoms with van der Waals surface area (Å²) in [6.07, 6.45) is -1.89. The zero-order valence-electron chi connectivity index (χ0n) is 17.1. The van der Waals surface area contributed by atoms with Gasteiger partial charge in [-0.15, -0.1) is 0 Å². The van der Waals surface area contributed by atoms with Crippen LogP contribution in [0.25, 0.3) is 0 Å². The van der Waals surface area contributed by atoms with Crippen molar-refractivity contribution in [2.75, 3.05) is 24.6 Å². The fourth-order valence-corrected chi connectivity index (χ4v) is 3.80. The number of carbonyl (C=O) groups is 1. The number of aromatic nitrogens is 2.